The van der Waals surface area contributed by atoms with E-state index in [1.807, 2.05) is 30.3 Å². The molecule has 0 bridgehead atoms. The number of anilines is 2. The number of carbonyl (C=O) groups excluding carboxylic acids is 1. The summed E-state index contributed by atoms with van der Waals surface area (Å²) in [6.07, 6.45) is 2.73. The number of methoxy groups -OCH3 is 1. The van der Waals surface area contributed by atoms with E-state index in [0.717, 1.165) is 24.3 Å². The van der Waals surface area contributed by atoms with Gasteiger partial charge in [0.1, 0.15) is 5.75 Å². The first kappa shape index (κ1) is 16.7. The summed E-state index contributed by atoms with van der Waals surface area (Å²) in [5, 5.41) is 3.63. The Morgan fingerprint density at radius 3 is 2.54 bits per heavy atom. The van der Waals surface area contributed by atoms with Crippen molar-refractivity contribution in [3.63, 3.8) is 0 Å². The summed E-state index contributed by atoms with van der Waals surface area (Å²) in [5.41, 5.74) is 2.75. The number of hydrogen-bond donors (Lipinski definition) is 1. The Labute approximate surface area is 147 Å². The molecular formula is C19H21ClN2O2. The Hall–Kier alpha value is -2.20. The SMILES string of the molecule is COc1ccc(N2CCCC2)cc1NC(=O)Cc1ccc(Cl)cc1. The average molecular weight is 345 g/mol. The molecule has 0 atom stereocenters. The minimum Gasteiger partial charge on any atom is -0.495 e. The first-order valence-electron chi connectivity index (χ1n) is 8.13. The van der Waals surface area contributed by atoms with E-state index in [9.17, 15) is 4.79 Å². The Kier molecular flexibility index (Phi) is 5.26. The van der Waals surface area contributed by atoms with Crippen LogP contribution in [-0.2, 0) is 11.2 Å². The van der Waals surface area contributed by atoms with Gasteiger partial charge >= 0.3 is 0 Å². The van der Waals surface area contributed by atoms with Crippen LogP contribution in [-0.4, -0.2) is 26.1 Å². The maximum Gasteiger partial charge on any atom is 0.228 e. The summed E-state index contributed by atoms with van der Waals surface area (Å²) in [4.78, 5) is 14.7. The lowest BCUT2D eigenvalue weighted by Crippen LogP contribution is -2.19. The van der Waals surface area contributed by atoms with Gasteiger partial charge in [-0.05, 0) is 48.7 Å². The standard InChI is InChI=1S/C19H21ClN2O2/c1-24-18-9-8-16(22-10-2-3-11-22)13-17(18)21-19(23)12-14-4-6-15(20)7-5-14/h4-9,13H,2-3,10-12H2,1H3,(H,21,23). The fraction of sp³-hybridized carbons (Fsp3) is 0.316. The van der Waals surface area contributed by atoms with Crippen LogP contribution >= 0.6 is 11.6 Å². The molecule has 0 saturated carbocycles. The smallest absolute Gasteiger partial charge is 0.228 e. The van der Waals surface area contributed by atoms with Crippen LogP contribution in [0.4, 0.5) is 11.4 Å². The maximum atomic E-state index is 12.4. The lowest BCUT2D eigenvalue weighted by molar-refractivity contribution is -0.115. The van der Waals surface area contributed by atoms with E-state index in [2.05, 4.69) is 10.2 Å². The van der Waals surface area contributed by atoms with Crippen molar-refractivity contribution in [2.75, 3.05) is 30.4 Å². The second kappa shape index (κ2) is 7.58. The van der Waals surface area contributed by atoms with Crippen LogP contribution in [0.3, 0.4) is 0 Å². The fourth-order valence-corrected chi connectivity index (χ4v) is 3.07. The number of nitrogens with zero attached hydrogens (tertiary/aromatic N) is 1. The van der Waals surface area contributed by atoms with Gasteiger partial charge in [0.15, 0.2) is 0 Å². The summed E-state index contributed by atoms with van der Waals surface area (Å²) in [7, 11) is 1.61. The summed E-state index contributed by atoms with van der Waals surface area (Å²) in [5.74, 6) is 0.594. The molecule has 1 saturated heterocycles. The summed E-state index contributed by atoms with van der Waals surface area (Å²) >= 11 is 5.88. The van der Waals surface area contributed by atoms with Crippen LogP contribution in [0, 0.1) is 0 Å². The molecule has 4 nitrogen and oxygen atoms in total. The first-order chi connectivity index (χ1) is 11.7. The molecule has 1 N–H and O–H groups in total. The molecule has 126 valence electrons. The molecule has 0 unspecified atom stereocenters. The van der Waals surface area contributed by atoms with E-state index in [4.69, 9.17) is 16.3 Å². The maximum absolute atomic E-state index is 12.4. The van der Waals surface area contributed by atoms with E-state index in [-0.39, 0.29) is 5.91 Å². The molecule has 1 fully saturated rings. The predicted octanol–water partition coefficient (Wildman–Crippen LogP) is 4.13. The number of benzene rings is 2. The fourth-order valence-electron chi connectivity index (χ4n) is 2.95. The van der Waals surface area contributed by atoms with Gasteiger partial charge in [-0.2, -0.15) is 0 Å². The lowest BCUT2D eigenvalue weighted by Gasteiger charge is -2.20. The molecule has 1 heterocycles. The van der Waals surface area contributed by atoms with Crippen LogP contribution in [0.5, 0.6) is 5.75 Å². The molecule has 1 aliphatic heterocycles. The summed E-state index contributed by atoms with van der Waals surface area (Å²) in [6.45, 7) is 2.12. The van der Waals surface area contributed by atoms with Gasteiger partial charge in [0.25, 0.3) is 0 Å². The quantitative estimate of drug-likeness (QED) is 0.886. The number of hydrogen-bond acceptors (Lipinski definition) is 3. The number of ether oxygens (including phenoxy) is 1. The predicted molar refractivity (Wildman–Crippen MR) is 98.2 cm³/mol. The van der Waals surface area contributed by atoms with Crippen molar-refractivity contribution >= 4 is 28.9 Å². The summed E-state index contributed by atoms with van der Waals surface area (Å²) < 4.78 is 5.38. The van der Waals surface area contributed by atoms with Crippen molar-refractivity contribution in [2.24, 2.45) is 0 Å². The molecule has 2 aromatic carbocycles. The van der Waals surface area contributed by atoms with Crippen molar-refractivity contribution in [3.05, 3.63) is 53.1 Å². The molecule has 0 aromatic heterocycles. The van der Waals surface area contributed by atoms with Gasteiger partial charge in [-0.3, -0.25) is 4.79 Å². The Balaban J connectivity index is 1.73. The summed E-state index contributed by atoms with van der Waals surface area (Å²) in [6, 6.07) is 13.2. The molecule has 0 radical (unpaired) electrons. The van der Waals surface area contributed by atoms with Gasteiger partial charge in [0.2, 0.25) is 5.91 Å². The van der Waals surface area contributed by atoms with Gasteiger partial charge < -0.3 is 15.0 Å². The van der Waals surface area contributed by atoms with E-state index >= 15 is 0 Å². The van der Waals surface area contributed by atoms with Crippen LogP contribution in [0.1, 0.15) is 18.4 Å². The van der Waals surface area contributed by atoms with Gasteiger partial charge in [-0.15, -0.1) is 0 Å². The molecule has 1 aliphatic rings. The second-order valence-corrected chi connectivity index (χ2v) is 6.37. The van der Waals surface area contributed by atoms with E-state index < -0.39 is 0 Å². The number of rotatable bonds is 5. The Morgan fingerprint density at radius 1 is 1.17 bits per heavy atom. The topological polar surface area (TPSA) is 41.6 Å². The minimum absolute atomic E-state index is 0.0748. The molecule has 5 heteroatoms. The number of carbonyl (C=O) groups is 1. The zero-order chi connectivity index (χ0) is 16.9. The van der Waals surface area contributed by atoms with Crippen molar-refractivity contribution in [1.29, 1.82) is 0 Å². The number of nitrogens with one attached hydrogen (secondary N) is 1. The van der Waals surface area contributed by atoms with Gasteiger partial charge in [0.05, 0.1) is 19.2 Å². The van der Waals surface area contributed by atoms with E-state index in [0.29, 0.717) is 22.9 Å². The Morgan fingerprint density at radius 2 is 1.88 bits per heavy atom. The van der Waals surface area contributed by atoms with E-state index in [1.54, 1.807) is 19.2 Å². The largest absolute Gasteiger partial charge is 0.495 e. The zero-order valence-corrected chi connectivity index (χ0v) is 14.5. The van der Waals surface area contributed by atoms with Crippen molar-refractivity contribution in [3.8, 4) is 5.75 Å². The zero-order valence-electron chi connectivity index (χ0n) is 13.7. The monoisotopic (exact) mass is 344 g/mol. The third-order valence-corrected chi connectivity index (χ3v) is 4.46. The highest BCUT2D eigenvalue weighted by Gasteiger charge is 2.15. The van der Waals surface area contributed by atoms with Crippen LogP contribution in [0.25, 0.3) is 0 Å². The highest BCUT2D eigenvalue weighted by atomic mass is 35.5. The number of amides is 1. The van der Waals surface area contributed by atoms with Crippen LogP contribution in [0.15, 0.2) is 42.5 Å². The van der Waals surface area contributed by atoms with E-state index in [1.165, 1.54) is 12.8 Å². The normalized spacial score (nSPS) is 13.8. The van der Waals surface area contributed by atoms with Crippen molar-refractivity contribution in [1.82, 2.24) is 0 Å². The van der Waals surface area contributed by atoms with Crippen molar-refractivity contribution in [2.45, 2.75) is 19.3 Å². The third-order valence-electron chi connectivity index (χ3n) is 4.21. The number of halogens is 1. The van der Waals surface area contributed by atoms with Crippen LogP contribution in [0.2, 0.25) is 5.02 Å². The first-order valence-corrected chi connectivity index (χ1v) is 8.51. The molecular weight excluding hydrogens is 324 g/mol. The molecule has 2 aromatic rings. The molecule has 24 heavy (non-hydrogen) atoms. The molecule has 3 rings (SSSR count). The highest BCUT2D eigenvalue weighted by Crippen LogP contribution is 2.31. The second-order valence-electron chi connectivity index (χ2n) is 5.93. The molecule has 0 spiro atoms. The molecule has 0 aliphatic carbocycles. The Bertz CT molecular complexity index is 710. The van der Waals surface area contributed by atoms with Crippen LogP contribution < -0.4 is 15.0 Å². The van der Waals surface area contributed by atoms with Gasteiger partial charge in [-0.25, -0.2) is 0 Å². The van der Waals surface area contributed by atoms with Gasteiger partial charge in [0, 0.05) is 23.8 Å². The molecule has 1 amide bonds. The average Bonchev–Trinajstić information content (AvgIpc) is 3.11. The highest BCUT2D eigenvalue weighted by molar-refractivity contribution is 6.30. The lowest BCUT2D eigenvalue weighted by atomic mass is 10.1. The van der Waals surface area contributed by atoms with Crippen molar-refractivity contribution < 1.29 is 9.53 Å². The minimum atomic E-state index is -0.0748. The van der Waals surface area contributed by atoms with Gasteiger partial charge in [-0.1, -0.05) is 23.7 Å². The third kappa shape index (κ3) is 4.01.